The highest BCUT2D eigenvalue weighted by molar-refractivity contribution is 7.00. The predicted molar refractivity (Wildman–Crippen MR) is 202 cm³/mol. The van der Waals surface area contributed by atoms with Crippen molar-refractivity contribution in [1.29, 1.82) is 0 Å². The van der Waals surface area contributed by atoms with Crippen LogP contribution in [0.1, 0.15) is 67.2 Å². The van der Waals surface area contributed by atoms with Crippen molar-refractivity contribution in [1.82, 2.24) is 0 Å². The second-order valence-corrected chi connectivity index (χ2v) is 24.7. The van der Waals surface area contributed by atoms with Gasteiger partial charge in [0.05, 0.1) is 24.4 Å². The molecule has 6 rings (SSSR count). The van der Waals surface area contributed by atoms with Gasteiger partial charge in [-0.1, -0.05) is 163 Å². The van der Waals surface area contributed by atoms with Crippen molar-refractivity contribution in [2.75, 3.05) is 0 Å². The summed E-state index contributed by atoms with van der Waals surface area (Å²) >= 11 is 0. The largest absolute Gasteiger partial charge is 0.402 e. The van der Waals surface area contributed by atoms with E-state index >= 15 is 0 Å². The van der Waals surface area contributed by atoms with Gasteiger partial charge < -0.3 is 19.1 Å². The molecule has 2 saturated carbocycles. The van der Waals surface area contributed by atoms with E-state index in [0.717, 1.165) is 12.8 Å². The minimum atomic E-state index is -2.92. The zero-order chi connectivity index (χ0) is 34.2. The van der Waals surface area contributed by atoms with Gasteiger partial charge in [0, 0.05) is 0 Å². The molecule has 2 aliphatic carbocycles. The minimum absolute atomic E-state index is 0.184. The summed E-state index contributed by atoms with van der Waals surface area (Å²) in [6.45, 7) is 14.0. The molecule has 4 aromatic carbocycles. The van der Waals surface area contributed by atoms with Crippen LogP contribution in [0.15, 0.2) is 121 Å². The Kier molecular flexibility index (Phi) is 10.1. The van der Waals surface area contributed by atoms with Crippen molar-refractivity contribution in [3.63, 3.8) is 0 Å². The summed E-state index contributed by atoms with van der Waals surface area (Å²) in [7, 11) is -5.84. The molecule has 0 aliphatic heterocycles. The van der Waals surface area contributed by atoms with Crippen LogP contribution in [0.2, 0.25) is 10.1 Å². The van der Waals surface area contributed by atoms with E-state index < -0.39 is 28.8 Å². The molecular weight excluding hydrogens is 625 g/mol. The SMILES string of the molecule is CC(C)(C)[Si](O[C@@H]1C[C@H]2C[C@H](O)[C@@H](O)C[C@H]2C[C@H]1O[Si](c1ccccc1)(c1ccccc1)C(C)(C)C)(c1ccccc1)c1ccccc1. The van der Waals surface area contributed by atoms with E-state index in [1.165, 1.54) is 20.7 Å². The van der Waals surface area contributed by atoms with Crippen molar-refractivity contribution in [2.24, 2.45) is 11.8 Å². The van der Waals surface area contributed by atoms with Gasteiger partial charge in [-0.05, 0) is 68.3 Å². The lowest BCUT2D eigenvalue weighted by Gasteiger charge is -2.54. The van der Waals surface area contributed by atoms with E-state index in [1.807, 2.05) is 0 Å². The normalized spacial score (nSPS) is 25.3. The first-order chi connectivity index (χ1) is 22.9. The Labute approximate surface area is 290 Å². The fraction of sp³-hybridized carbons (Fsp3) is 0.429. The van der Waals surface area contributed by atoms with Crippen LogP contribution in [0.5, 0.6) is 0 Å². The van der Waals surface area contributed by atoms with E-state index in [2.05, 4.69) is 163 Å². The fourth-order valence-electron chi connectivity index (χ4n) is 8.88. The number of aliphatic hydroxyl groups is 2. The molecule has 0 aromatic heterocycles. The molecule has 0 heterocycles. The van der Waals surface area contributed by atoms with Gasteiger partial charge in [-0.25, -0.2) is 0 Å². The second kappa shape index (κ2) is 13.8. The zero-order valence-corrected chi connectivity index (χ0v) is 31.6. The van der Waals surface area contributed by atoms with Gasteiger partial charge >= 0.3 is 0 Å². The Hall–Kier alpha value is -2.85. The van der Waals surface area contributed by atoms with Crippen LogP contribution in [0, 0.1) is 11.8 Å². The number of aliphatic hydroxyl groups excluding tert-OH is 2. The Bertz CT molecular complexity index is 1400. The molecule has 4 nitrogen and oxygen atoms in total. The summed E-state index contributed by atoms with van der Waals surface area (Å²) in [5.41, 5.74) is 0. The van der Waals surface area contributed by atoms with E-state index in [4.69, 9.17) is 8.85 Å². The highest BCUT2D eigenvalue weighted by atomic mass is 28.4. The third kappa shape index (κ3) is 6.44. The lowest BCUT2D eigenvalue weighted by molar-refractivity contribution is -0.0978. The first kappa shape index (κ1) is 35.0. The smallest absolute Gasteiger partial charge is 0.261 e. The molecule has 2 fully saturated rings. The molecule has 0 saturated heterocycles. The molecule has 2 aliphatic rings. The lowest BCUT2D eigenvalue weighted by Crippen LogP contribution is -2.72. The molecule has 0 unspecified atom stereocenters. The van der Waals surface area contributed by atoms with Crippen molar-refractivity contribution >= 4 is 37.4 Å². The van der Waals surface area contributed by atoms with E-state index in [1.54, 1.807) is 0 Å². The van der Waals surface area contributed by atoms with Crippen LogP contribution in [0.3, 0.4) is 0 Å². The van der Waals surface area contributed by atoms with Gasteiger partial charge in [0.15, 0.2) is 0 Å². The van der Waals surface area contributed by atoms with E-state index in [-0.39, 0.29) is 34.1 Å². The molecule has 0 bridgehead atoms. The average molecular weight is 679 g/mol. The Morgan fingerprint density at radius 3 is 0.917 bits per heavy atom. The zero-order valence-electron chi connectivity index (χ0n) is 29.6. The number of fused-ring (bicyclic) bond motifs is 1. The van der Waals surface area contributed by atoms with E-state index in [9.17, 15) is 10.2 Å². The number of hydrogen-bond acceptors (Lipinski definition) is 4. The summed E-state index contributed by atoms with van der Waals surface area (Å²) in [5.74, 6) is 0.510. The monoisotopic (exact) mass is 678 g/mol. The quantitative estimate of drug-likeness (QED) is 0.211. The van der Waals surface area contributed by atoms with Crippen LogP contribution in [-0.2, 0) is 8.85 Å². The summed E-state index contributed by atoms with van der Waals surface area (Å²) in [6, 6.07) is 43.5. The average Bonchev–Trinajstić information content (AvgIpc) is 3.07. The van der Waals surface area contributed by atoms with Crippen molar-refractivity contribution < 1.29 is 19.1 Å². The summed E-state index contributed by atoms with van der Waals surface area (Å²) < 4.78 is 15.9. The van der Waals surface area contributed by atoms with E-state index in [0.29, 0.717) is 12.8 Å². The molecule has 254 valence electrons. The maximum Gasteiger partial charge on any atom is 0.261 e. The lowest BCUT2D eigenvalue weighted by atomic mass is 9.67. The topological polar surface area (TPSA) is 58.9 Å². The molecule has 6 heteroatoms. The fourth-order valence-corrected chi connectivity index (χ4v) is 18.3. The van der Waals surface area contributed by atoms with Crippen LogP contribution in [0.25, 0.3) is 0 Å². The van der Waals surface area contributed by atoms with Gasteiger partial charge in [0.1, 0.15) is 0 Å². The van der Waals surface area contributed by atoms with Crippen LogP contribution >= 0.6 is 0 Å². The van der Waals surface area contributed by atoms with Crippen molar-refractivity contribution in [3.8, 4) is 0 Å². The number of benzene rings is 4. The molecule has 0 spiro atoms. The molecule has 48 heavy (non-hydrogen) atoms. The van der Waals surface area contributed by atoms with Gasteiger partial charge in [0.2, 0.25) is 0 Å². The predicted octanol–water partition coefficient (Wildman–Crippen LogP) is 6.42. The van der Waals surface area contributed by atoms with Gasteiger partial charge in [-0.2, -0.15) is 0 Å². The number of hydrogen-bond donors (Lipinski definition) is 2. The highest BCUT2D eigenvalue weighted by Gasteiger charge is 2.57. The standard InChI is InChI=1S/C42H54O4Si2/c1-41(2,3)47(33-19-11-7-12-20-33,34-21-13-8-14-22-34)45-39-29-31-27-37(43)38(44)28-32(31)30-40(39)46-48(42(4,5)6,35-23-15-9-16-24-35)36-25-17-10-18-26-36/h7-26,31-32,37-40,43-44H,27-30H2,1-6H3/t31-,32+,37-,38-,39+,40+/m0/s1. The highest BCUT2D eigenvalue weighted by Crippen LogP contribution is 2.48. The van der Waals surface area contributed by atoms with Crippen molar-refractivity contribution in [3.05, 3.63) is 121 Å². The molecule has 0 radical (unpaired) electrons. The van der Waals surface area contributed by atoms with Gasteiger partial charge in [-0.3, -0.25) is 0 Å². The summed E-state index contributed by atoms with van der Waals surface area (Å²) in [5, 5.41) is 26.4. The van der Waals surface area contributed by atoms with Crippen LogP contribution < -0.4 is 20.7 Å². The molecule has 4 aromatic rings. The first-order valence-corrected chi connectivity index (χ1v) is 21.6. The summed E-state index contributed by atoms with van der Waals surface area (Å²) in [6.07, 6.45) is 0.992. The Morgan fingerprint density at radius 2 is 0.688 bits per heavy atom. The molecule has 6 atom stereocenters. The third-order valence-corrected chi connectivity index (χ3v) is 21.3. The third-order valence-electron chi connectivity index (χ3n) is 11.2. The van der Waals surface area contributed by atoms with Gasteiger partial charge in [0.25, 0.3) is 16.6 Å². The Morgan fingerprint density at radius 1 is 0.438 bits per heavy atom. The Balaban J connectivity index is 1.54. The van der Waals surface area contributed by atoms with Crippen molar-refractivity contribution in [2.45, 2.75) is 102 Å². The maximum absolute atomic E-state index is 10.9. The van der Waals surface area contributed by atoms with Crippen LogP contribution in [-0.4, -0.2) is 51.3 Å². The molecule has 0 amide bonds. The summed E-state index contributed by atoms with van der Waals surface area (Å²) in [4.78, 5) is 0. The van der Waals surface area contributed by atoms with Crippen LogP contribution in [0.4, 0.5) is 0 Å². The maximum atomic E-state index is 10.9. The molecule has 2 N–H and O–H groups in total. The second-order valence-electron chi connectivity index (χ2n) is 16.2. The number of rotatable bonds is 8. The van der Waals surface area contributed by atoms with Gasteiger partial charge in [-0.15, -0.1) is 0 Å². The first-order valence-electron chi connectivity index (χ1n) is 17.8. The minimum Gasteiger partial charge on any atom is -0.402 e. The molecular formula is C42H54O4Si2.